The number of hydrogen-bond acceptors (Lipinski definition) is 2. The zero-order valence-corrected chi connectivity index (χ0v) is 7.73. The van der Waals surface area contributed by atoms with Crippen molar-refractivity contribution < 1.29 is 4.74 Å². The summed E-state index contributed by atoms with van der Waals surface area (Å²) < 4.78 is 5.65. The first-order valence-electron chi connectivity index (χ1n) is 3.17. The van der Waals surface area contributed by atoms with Gasteiger partial charge in [-0.2, -0.15) is 5.26 Å². The van der Waals surface area contributed by atoms with Gasteiger partial charge in [0.2, 0.25) is 0 Å². The van der Waals surface area contributed by atoms with Crippen molar-refractivity contribution in [1.29, 1.82) is 5.26 Å². The molecule has 0 aromatic rings. The lowest BCUT2D eigenvalue weighted by Gasteiger charge is -2.04. The van der Waals surface area contributed by atoms with Crippen LogP contribution in [-0.4, -0.2) is 6.61 Å². The van der Waals surface area contributed by atoms with Gasteiger partial charge in [0, 0.05) is 6.42 Å². The number of halogens is 1. The van der Waals surface area contributed by atoms with Crippen LogP contribution in [0.1, 0.15) is 20.3 Å². The van der Waals surface area contributed by atoms with E-state index in [1.54, 1.807) is 0 Å². The number of ether oxygens (including phenoxy) is 1. The fourth-order valence-corrected chi connectivity index (χ4v) is 0.952. The van der Waals surface area contributed by atoms with E-state index in [0.717, 1.165) is 12.2 Å². The maximum Gasteiger partial charge on any atom is 0.132 e. The van der Waals surface area contributed by atoms with E-state index in [-0.39, 0.29) is 0 Å². The molecular formula is C7H10BrNO. The normalized spacial score (nSPS) is 11.8. The summed E-state index contributed by atoms with van der Waals surface area (Å²) in [5, 5.41) is 8.43. The molecule has 0 aliphatic heterocycles. The second kappa shape index (κ2) is 5.31. The molecular weight excluding hydrogens is 194 g/mol. The molecule has 0 radical (unpaired) electrons. The zero-order valence-electron chi connectivity index (χ0n) is 6.15. The molecule has 10 heavy (non-hydrogen) atoms. The standard InChI is InChI=1S/C7H10BrNO/c1-3-7(10-4-2)6(8)5-9/h3-4H2,1-2H3/b7-6-. The van der Waals surface area contributed by atoms with Gasteiger partial charge in [0.15, 0.2) is 0 Å². The first kappa shape index (κ1) is 9.51. The molecule has 2 nitrogen and oxygen atoms in total. The fraction of sp³-hybridized carbons (Fsp3) is 0.571. The van der Waals surface area contributed by atoms with Crippen LogP contribution in [0.15, 0.2) is 10.2 Å². The Balaban J connectivity index is 4.18. The third-order valence-electron chi connectivity index (χ3n) is 0.983. The highest BCUT2D eigenvalue weighted by Crippen LogP contribution is 2.14. The molecule has 56 valence electrons. The van der Waals surface area contributed by atoms with E-state index in [9.17, 15) is 0 Å². The van der Waals surface area contributed by atoms with Crippen molar-refractivity contribution >= 4 is 15.9 Å². The molecule has 0 amide bonds. The quantitative estimate of drug-likeness (QED) is 0.522. The maximum atomic E-state index is 8.43. The zero-order chi connectivity index (χ0) is 7.98. The van der Waals surface area contributed by atoms with Crippen LogP contribution < -0.4 is 0 Å². The second-order valence-electron chi connectivity index (χ2n) is 1.64. The van der Waals surface area contributed by atoms with E-state index in [0.29, 0.717) is 11.1 Å². The fourth-order valence-electron chi connectivity index (χ4n) is 0.557. The molecule has 0 aromatic heterocycles. The first-order valence-corrected chi connectivity index (χ1v) is 3.97. The van der Waals surface area contributed by atoms with Crippen molar-refractivity contribution in [3.8, 4) is 6.07 Å². The Hall–Kier alpha value is -0.490. The van der Waals surface area contributed by atoms with E-state index in [4.69, 9.17) is 10.00 Å². The molecule has 0 aliphatic rings. The minimum atomic E-state index is 0.497. The number of allylic oxidation sites excluding steroid dienone is 2. The van der Waals surface area contributed by atoms with Crippen molar-refractivity contribution in [3.05, 3.63) is 10.2 Å². The van der Waals surface area contributed by atoms with Gasteiger partial charge in [0.25, 0.3) is 0 Å². The van der Waals surface area contributed by atoms with Gasteiger partial charge < -0.3 is 4.74 Å². The third kappa shape index (κ3) is 2.88. The van der Waals surface area contributed by atoms with Crippen LogP contribution >= 0.6 is 15.9 Å². The van der Waals surface area contributed by atoms with Crippen LogP contribution in [0.25, 0.3) is 0 Å². The summed E-state index contributed by atoms with van der Waals surface area (Å²) in [5.41, 5.74) is 0. The van der Waals surface area contributed by atoms with Crippen molar-refractivity contribution in [2.75, 3.05) is 6.61 Å². The molecule has 0 saturated carbocycles. The van der Waals surface area contributed by atoms with Crippen molar-refractivity contribution in [1.82, 2.24) is 0 Å². The number of nitrogens with zero attached hydrogens (tertiary/aromatic N) is 1. The highest BCUT2D eigenvalue weighted by Gasteiger charge is 1.99. The van der Waals surface area contributed by atoms with Crippen molar-refractivity contribution in [3.63, 3.8) is 0 Å². The summed E-state index contributed by atoms with van der Waals surface area (Å²) in [7, 11) is 0. The van der Waals surface area contributed by atoms with Crippen molar-refractivity contribution in [2.45, 2.75) is 20.3 Å². The number of nitriles is 1. The molecule has 0 rings (SSSR count). The van der Waals surface area contributed by atoms with Gasteiger partial charge in [-0.25, -0.2) is 0 Å². The van der Waals surface area contributed by atoms with Crippen LogP contribution in [0.5, 0.6) is 0 Å². The molecule has 0 atom stereocenters. The highest BCUT2D eigenvalue weighted by atomic mass is 79.9. The summed E-state index contributed by atoms with van der Waals surface area (Å²) in [5.74, 6) is 0.727. The SMILES string of the molecule is CCO/C(CC)=C(\Br)C#N. The van der Waals surface area contributed by atoms with Crippen LogP contribution in [0.3, 0.4) is 0 Å². The molecule has 3 heteroatoms. The summed E-state index contributed by atoms with van der Waals surface area (Å²) in [4.78, 5) is 0. The van der Waals surface area contributed by atoms with E-state index in [1.165, 1.54) is 0 Å². The van der Waals surface area contributed by atoms with E-state index in [1.807, 2.05) is 19.9 Å². The predicted octanol–water partition coefficient (Wildman–Crippen LogP) is 2.56. The Labute approximate surface area is 69.6 Å². The monoisotopic (exact) mass is 203 g/mol. The van der Waals surface area contributed by atoms with Gasteiger partial charge in [-0.3, -0.25) is 0 Å². The first-order chi connectivity index (χ1) is 4.76. The summed E-state index contributed by atoms with van der Waals surface area (Å²) >= 11 is 3.10. The maximum absolute atomic E-state index is 8.43. The topological polar surface area (TPSA) is 33.0 Å². The average molecular weight is 204 g/mol. The van der Waals surface area contributed by atoms with Crippen LogP contribution in [0.2, 0.25) is 0 Å². The third-order valence-corrected chi connectivity index (χ3v) is 1.60. The lowest BCUT2D eigenvalue weighted by molar-refractivity contribution is 0.221. The number of rotatable bonds is 3. The summed E-state index contributed by atoms with van der Waals surface area (Å²) in [6, 6.07) is 1.97. The average Bonchev–Trinajstić information content (AvgIpc) is 1.99. The van der Waals surface area contributed by atoms with Gasteiger partial charge in [-0.05, 0) is 22.9 Å². The molecule has 0 unspecified atom stereocenters. The Morgan fingerprint density at radius 3 is 2.50 bits per heavy atom. The largest absolute Gasteiger partial charge is 0.496 e. The summed E-state index contributed by atoms with van der Waals surface area (Å²) in [6.45, 7) is 4.46. The summed E-state index contributed by atoms with van der Waals surface area (Å²) in [6.07, 6.45) is 0.752. The predicted molar refractivity (Wildman–Crippen MR) is 43.5 cm³/mol. The molecule has 0 heterocycles. The molecule has 0 saturated heterocycles. The van der Waals surface area contributed by atoms with E-state index < -0.39 is 0 Å². The van der Waals surface area contributed by atoms with E-state index >= 15 is 0 Å². The Kier molecular flexibility index (Phi) is 5.05. The highest BCUT2D eigenvalue weighted by molar-refractivity contribution is 9.12. The minimum absolute atomic E-state index is 0.497. The van der Waals surface area contributed by atoms with Crippen LogP contribution in [0, 0.1) is 11.3 Å². The van der Waals surface area contributed by atoms with E-state index in [2.05, 4.69) is 15.9 Å². The number of hydrogen-bond donors (Lipinski definition) is 0. The lowest BCUT2D eigenvalue weighted by atomic mass is 10.4. The van der Waals surface area contributed by atoms with Crippen molar-refractivity contribution in [2.24, 2.45) is 0 Å². The van der Waals surface area contributed by atoms with Gasteiger partial charge >= 0.3 is 0 Å². The van der Waals surface area contributed by atoms with Crippen LogP contribution in [0.4, 0.5) is 0 Å². The van der Waals surface area contributed by atoms with Gasteiger partial charge in [-0.15, -0.1) is 0 Å². The van der Waals surface area contributed by atoms with Gasteiger partial charge in [0.05, 0.1) is 6.61 Å². The Morgan fingerprint density at radius 2 is 2.20 bits per heavy atom. The molecule has 0 bridgehead atoms. The Morgan fingerprint density at radius 1 is 1.60 bits per heavy atom. The minimum Gasteiger partial charge on any atom is -0.496 e. The molecule has 0 fully saturated rings. The smallest absolute Gasteiger partial charge is 0.132 e. The lowest BCUT2D eigenvalue weighted by Crippen LogP contribution is -1.91. The molecule has 0 spiro atoms. The van der Waals surface area contributed by atoms with Crippen LogP contribution in [-0.2, 0) is 4.74 Å². The second-order valence-corrected chi connectivity index (χ2v) is 2.43. The molecule has 0 aromatic carbocycles. The molecule has 0 aliphatic carbocycles. The Bertz CT molecular complexity index is 169. The van der Waals surface area contributed by atoms with Gasteiger partial charge in [-0.1, -0.05) is 6.92 Å². The molecule has 0 N–H and O–H groups in total. The van der Waals surface area contributed by atoms with Gasteiger partial charge in [0.1, 0.15) is 16.3 Å².